The molecule has 1 fully saturated rings. The van der Waals surface area contributed by atoms with Crippen molar-refractivity contribution < 1.29 is 47.1 Å². The first-order valence-electron chi connectivity index (χ1n) is 22.5. The van der Waals surface area contributed by atoms with Gasteiger partial charge in [0.25, 0.3) is 5.75 Å². The third-order valence-corrected chi connectivity index (χ3v) is 11.3. The molecule has 0 spiro atoms. The van der Waals surface area contributed by atoms with Gasteiger partial charge in [0.1, 0.15) is 42.4 Å². The van der Waals surface area contributed by atoms with Crippen molar-refractivity contribution in [2.24, 2.45) is 0 Å². The molecule has 7 aromatic carbocycles. The molecule has 9 rings (SSSR count). The number of carbonyl (C=O) groups is 1. The lowest BCUT2D eigenvalue weighted by Gasteiger charge is -2.45. The highest BCUT2D eigenvalue weighted by molar-refractivity contribution is 5.93. The van der Waals surface area contributed by atoms with Gasteiger partial charge in [0, 0.05) is 6.07 Å². The van der Waals surface area contributed by atoms with Crippen LogP contribution in [0.3, 0.4) is 0 Å². The second-order valence-electron chi connectivity index (χ2n) is 16.2. The molecule has 0 N–H and O–H groups in total. The Morgan fingerprint density at radius 1 is 0.485 bits per heavy atom. The number of hydrogen-bond acceptors (Lipinski definition) is 11. The van der Waals surface area contributed by atoms with Gasteiger partial charge in [-0.3, -0.25) is 0 Å². The van der Waals surface area contributed by atoms with Crippen LogP contribution >= 0.6 is 0 Å². The van der Waals surface area contributed by atoms with Crippen molar-refractivity contribution in [2.45, 2.75) is 63.7 Å². The minimum atomic E-state index is -1.09. The molecular formula is C57H50O11. The van der Waals surface area contributed by atoms with Gasteiger partial charge in [0.05, 0.1) is 44.0 Å². The number of esters is 1. The predicted octanol–water partition coefficient (Wildman–Crippen LogP) is 10.7. The van der Waals surface area contributed by atoms with E-state index in [1.54, 1.807) is 48.5 Å². The van der Waals surface area contributed by atoms with Crippen LogP contribution < -0.4 is 19.8 Å². The first kappa shape index (κ1) is 45.8. The Kier molecular flexibility index (Phi) is 15.4. The monoisotopic (exact) mass is 910 g/mol. The summed E-state index contributed by atoms with van der Waals surface area (Å²) in [6, 6.07) is 62.3. The lowest BCUT2D eigenvalue weighted by atomic mass is 9.97. The average molecular weight is 911 g/mol. The quantitative estimate of drug-likeness (QED) is 0.0537. The van der Waals surface area contributed by atoms with E-state index in [-0.39, 0.29) is 61.4 Å². The highest BCUT2D eigenvalue weighted by Gasteiger charge is 2.50. The molecule has 1 aliphatic rings. The van der Waals surface area contributed by atoms with Gasteiger partial charge in [-0.05, 0) is 52.1 Å². The number of benzene rings is 7. The Morgan fingerprint density at radius 3 is 1.50 bits per heavy atom. The SMILES string of the molecule is O=C(Oc1c(OCc2ccccc2)c2ccc(O[C@H]3O[C@H](COCc4ccccc4)[C@@H](OCc4ccccc4)[C@H](OCc4ccccc4)[C@@H]3OCc3ccccc3)cc2oc1=O)c1ccccc1. The number of rotatable bonds is 20. The van der Waals surface area contributed by atoms with Gasteiger partial charge in [0.15, 0.2) is 5.75 Å². The zero-order valence-electron chi connectivity index (χ0n) is 37.2. The highest BCUT2D eigenvalue weighted by atomic mass is 16.7. The summed E-state index contributed by atoms with van der Waals surface area (Å²) < 4.78 is 58.5. The van der Waals surface area contributed by atoms with Crippen LogP contribution in [0.2, 0.25) is 0 Å². The number of hydrogen-bond donors (Lipinski definition) is 0. The Balaban J connectivity index is 1.07. The molecular weight excluding hydrogens is 861 g/mol. The second kappa shape index (κ2) is 22.9. The van der Waals surface area contributed by atoms with Crippen LogP contribution in [0.15, 0.2) is 209 Å². The maximum absolute atomic E-state index is 13.8. The molecule has 0 bridgehead atoms. The third kappa shape index (κ3) is 11.9. The van der Waals surface area contributed by atoms with E-state index in [0.29, 0.717) is 12.0 Å². The lowest BCUT2D eigenvalue weighted by Crippen LogP contribution is -2.62. The Bertz CT molecular complexity index is 2860. The summed E-state index contributed by atoms with van der Waals surface area (Å²) >= 11 is 0. The van der Waals surface area contributed by atoms with Crippen molar-refractivity contribution >= 4 is 16.9 Å². The van der Waals surface area contributed by atoms with Gasteiger partial charge < -0.3 is 42.3 Å². The fraction of sp³-hybridized carbons (Fsp3) is 0.193. The molecule has 0 radical (unpaired) electrons. The van der Waals surface area contributed by atoms with Gasteiger partial charge in [-0.2, -0.15) is 0 Å². The average Bonchev–Trinajstić information content (AvgIpc) is 3.39. The van der Waals surface area contributed by atoms with E-state index in [0.717, 1.165) is 27.8 Å². The molecule has 8 aromatic rings. The van der Waals surface area contributed by atoms with Crippen LogP contribution in [-0.2, 0) is 56.7 Å². The van der Waals surface area contributed by atoms with E-state index in [4.69, 9.17) is 42.3 Å². The summed E-state index contributed by atoms with van der Waals surface area (Å²) in [5.41, 5.74) is 4.16. The molecule has 344 valence electrons. The normalized spacial score (nSPS) is 17.9. The summed E-state index contributed by atoms with van der Waals surface area (Å²) in [4.78, 5) is 27.1. The van der Waals surface area contributed by atoms with E-state index in [9.17, 15) is 9.59 Å². The molecule has 1 saturated heterocycles. The number of ether oxygens (including phenoxy) is 8. The number of carbonyl (C=O) groups excluding carboxylic acids is 1. The van der Waals surface area contributed by atoms with E-state index < -0.39 is 42.3 Å². The van der Waals surface area contributed by atoms with Crippen LogP contribution in [0.4, 0.5) is 0 Å². The Labute approximate surface area is 394 Å². The molecule has 11 nitrogen and oxygen atoms in total. The van der Waals surface area contributed by atoms with Crippen LogP contribution in [0.5, 0.6) is 17.2 Å². The fourth-order valence-electron chi connectivity index (χ4n) is 7.87. The smallest absolute Gasteiger partial charge is 0.383 e. The van der Waals surface area contributed by atoms with E-state index in [2.05, 4.69) is 0 Å². The van der Waals surface area contributed by atoms with Gasteiger partial charge in [-0.15, -0.1) is 0 Å². The van der Waals surface area contributed by atoms with Crippen molar-refractivity contribution in [2.75, 3.05) is 6.61 Å². The maximum atomic E-state index is 13.8. The zero-order valence-corrected chi connectivity index (χ0v) is 37.2. The largest absolute Gasteiger partial charge is 0.484 e. The van der Waals surface area contributed by atoms with Crippen molar-refractivity contribution in [3.63, 3.8) is 0 Å². The molecule has 0 unspecified atom stereocenters. The minimum absolute atomic E-state index is 0.0392. The summed E-state index contributed by atoms with van der Waals surface area (Å²) in [5, 5.41) is 0.371. The van der Waals surface area contributed by atoms with Crippen LogP contribution in [0.25, 0.3) is 11.0 Å². The first-order chi connectivity index (χ1) is 33.5. The lowest BCUT2D eigenvalue weighted by molar-refractivity contribution is -0.310. The summed E-state index contributed by atoms with van der Waals surface area (Å²) in [7, 11) is 0. The van der Waals surface area contributed by atoms with Gasteiger partial charge in [-0.1, -0.05) is 170 Å². The van der Waals surface area contributed by atoms with Crippen LogP contribution in [0, 0.1) is 0 Å². The summed E-state index contributed by atoms with van der Waals surface area (Å²) in [6.07, 6.45) is -4.10. The second-order valence-corrected chi connectivity index (χ2v) is 16.2. The molecule has 0 aliphatic carbocycles. The molecule has 5 atom stereocenters. The maximum Gasteiger partial charge on any atom is 0.383 e. The highest BCUT2D eigenvalue weighted by Crippen LogP contribution is 2.38. The van der Waals surface area contributed by atoms with Crippen molar-refractivity contribution in [1.82, 2.24) is 0 Å². The van der Waals surface area contributed by atoms with Crippen molar-refractivity contribution in [1.29, 1.82) is 0 Å². The van der Waals surface area contributed by atoms with E-state index in [1.165, 1.54) is 0 Å². The van der Waals surface area contributed by atoms with Crippen LogP contribution in [0.1, 0.15) is 38.2 Å². The predicted molar refractivity (Wildman–Crippen MR) is 255 cm³/mol. The molecule has 68 heavy (non-hydrogen) atoms. The van der Waals surface area contributed by atoms with E-state index >= 15 is 0 Å². The van der Waals surface area contributed by atoms with Gasteiger partial charge in [-0.25, -0.2) is 9.59 Å². The summed E-state index contributed by atoms with van der Waals surface area (Å²) in [5.74, 6) is -0.789. The van der Waals surface area contributed by atoms with E-state index in [1.807, 2.05) is 152 Å². The van der Waals surface area contributed by atoms with Crippen LogP contribution in [-0.4, -0.2) is 43.3 Å². The Morgan fingerprint density at radius 2 is 0.956 bits per heavy atom. The van der Waals surface area contributed by atoms with Gasteiger partial charge in [0.2, 0.25) is 6.29 Å². The molecule has 0 saturated carbocycles. The third-order valence-electron chi connectivity index (χ3n) is 11.3. The molecule has 2 heterocycles. The molecule has 11 heteroatoms. The molecule has 1 aliphatic heterocycles. The minimum Gasteiger partial charge on any atom is -0.484 e. The zero-order chi connectivity index (χ0) is 46.3. The Hall–Kier alpha value is -7.38. The van der Waals surface area contributed by atoms with Crippen molar-refractivity contribution in [3.05, 3.63) is 244 Å². The first-order valence-corrected chi connectivity index (χ1v) is 22.5. The molecule has 1 aromatic heterocycles. The van der Waals surface area contributed by atoms with Gasteiger partial charge >= 0.3 is 11.6 Å². The molecule has 0 amide bonds. The standard InChI is InChI=1S/C57H50O11/c58-55(45-29-17-6-18-30-45)68-53-50(61-35-41-21-9-2-10-22-41)47-32-31-46(33-48(47)66-56(53)59)65-57-54(64-38-44-27-15-5-16-28-44)52(63-37-43-25-13-4-14-26-43)51(62-36-42-23-11-3-12-24-42)49(67-57)39-60-34-40-19-7-1-8-20-40/h1-33,49,51-52,54,57H,34-39H2/t49-,51-,52+,54+,57+/m1/s1. The summed E-state index contributed by atoms with van der Waals surface area (Å²) in [6.45, 7) is 1.27. The topological polar surface area (TPSA) is 121 Å². The fourth-order valence-corrected chi connectivity index (χ4v) is 7.87. The number of fused-ring (bicyclic) bond motifs is 1. The van der Waals surface area contributed by atoms with Crippen molar-refractivity contribution in [3.8, 4) is 17.2 Å².